The van der Waals surface area contributed by atoms with Gasteiger partial charge in [-0.05, 0) is 92.1 Å². The number of carbonyl (C=O) groups excluding carboxylic acids is 5. The van der Waals surface area contributed by atoms with Gasteiger partial charge in [-0.3, -0.25) is 39.1 Å². The summed E-state index contributed by atoms with van der Waals surface area (Å²) in [6.45, 7) is 16.1. The van der Waals surface area contributed by atoms with Gasteiger partial charge >= 0.3 is 0 Å². The largest absolute Gasteiger partial charge is 0.369 e. The minimum atomic E-state index is -1.42. The Bertz CT molecular complexity index is 2240. The number of amides is 5. The minimum absolute atomic E-state index is 0.0513. The van der Waals surface area contributed by atoms with Gasteiger partial charge in [-0.2, -0.15) is 0 Å². The predicted octanol–water partition coefficient (Wildman–Crippen LogP) is 3.83. The lowest BCUT2D eigenvalue weighted by Crippen LogP contribution is -2.65. The molecule has 5 amide bonds. The Kier molecular flexibility index (Phi) is 9.42. The molecule has 0 aliphatic carbocycles. The van der Waals surface area contributed by atoms with E-state index in [1.165, 1.54) is 0 Å². The standard InChI is InChI=1S/C43H46FN9O5/c1-28-21-32(23-46-37(28)45-2)51-16-13-42(24-51)11-14-50(15-12-42)39(56)29-3-5-30(6-4-29)49-19-17-48(18-20-49)25-43(44)26-52(27-43)31-7-8-33-34(22-31)41(58)53(40(33)57)35-9-10-36(54)47-38(35)55/h3-8,21-23,35H,9-20,24-27H2,1H3,(H,47,54,55). The maximum atomic E-state index is 16.0. The van der Waals surface area contributed by atoms with E-state index in [0.717, 1.165) is 80.4 Å². The Labute approximate surface area is 336 Å². The molecule has 5 fully saturated rings. The summed E-state index contributed by atoms with van der Waals surface area (Å²) in [4.78, 5) is 83.3. The van der Waals surface area contributed by atoms with Crippen LogP contribution in [0.2, 0.25) is 0 Å². The van der Waals surface area contributed by atoms with Crippen LogP contribution < -0.4 is 20.0 Å². The number of pyridine rings is 1. The van der Waals surface area contributed by atoms with Gasteiger partial charge in [0.15, 0.2) is 5.67 Å². The maximum Gasteiger partial charge on any atom is 0.272 e. The molecule has 2 aromatic carbocycles. The van der Waals surface area contributed by atoms with Crippen LogP contribution in [0.1, 0.15) is 68.7 Å². The third-order valence-corrected chi connectivity index (χ3v) is 13.2. The van der Waals surface area contributed by atoms with Crippen LogP contribution in [-0.4, -0.2) is 133 Å². The van der Waals surface area contributed by atoms with Crippen molar-refractivity contribution in [2.45, 2.75) is 50.7 Å². The lowest BCUT2D eigenvalue weighted by molar-refractivity contribution is -0.136. The smallest absolute Gasteiger partial charge is 0.272 e. The fourth-order valence-electron chi connectivity index (χ4n) is 9.73. The summed E-state index contributed by atoms with van der Waals surface area (Å²) < 4.78 is 16.0. The zero-order chi connectivity index (χ0) is 40.3. The lowest BCUT2D eigenvalue weighted by Gasteiger charge is -2.49. The molecule has 0 radical (unpaired) electrons. The van der Waals surface area contributed by atoms with Crippen molar-refractivity contribution in [3.63, 3.8) is 0 Å². The number of imide groups is 2. The van der Waals surface area contributed by atoms with Crippen LogP contribution in [-0.2, 0) is 9.59 Å². The fourth-order valence-corrected chi connectivity index (χ4v) is 9.73. The molecule has 7 heterocycles. The van der Waals surface area contributed by atoms with Crippen LogP contribution in [0, 0.1) is 18.9 Å². The van der Waals surface area contributed by atoms with Crippen molar-refractivity contribution in [1.82, 2.24) is 25.0 Å². The van der Waals surface area contributed by atoms with E-state index < -0.39 is 35.3 Å². The van der Waals surface area contributed by atoms with E-state index in [0.29, 0.717) is 36.7 Å². The molecule has 9 rings (SSSR count). The molecule has 1 N–H and O–H groups in total. The quantitative estimate of drug-likeness (QED) is 0.279. The Balaban J connectivity index is 0.730. The molecule has 0 bridgehead atoms. The van der Waals surface area contributed by atoms with Gasteiger partial charge in [0.1, 0.15) is 12.2 Å². The molecule has 0 saturated carbocycles. The molecule has 15 heteroatoms. The first-order valence-electron chi connectivity index (χ1n) is 20.2. The minimum Gasteiger partial charge on any atom is -0.369 e. The Morgan fingerprint density at radius 2 is 1.52 bits per heavy atom. The number of likely N-dealkylation sites (tertiary alicyclic amines) is 1. The molecule has 14 nitrogen and oxygen atoms in total. The van der Waals surface area contributed by atoms with E-state index in [4.69, 9.17) is 6.57 Å². The average molecular weight is 788 g/mol. The molecule has 300 valence electrons. The number of aryl methyl sites for hydroxylation is 1. The van der Waals surface area contributed by atoms with Crippen LogP contribution in [0.25, 0.3) is 4.85 Å². The number of nitrogens with zero attached hydrogens (tertiary/aromatic N) is 8. The van der Waals surface area contributed by atoms with E-state index in [1.54, 1.807) is 18.2 Å². The molecule has 1 spiro atoms. The number of benzene rings is 2. The van der Waals surface area contributed by atoms with Gasteiger partial charge in [0.25, 0.3) is 23.5 Å². The van der Waals surface area contributed by atoms with Crippen LogP contribution in [0.4, 0.5) is 27.3 Å². The Hall–Kier alpha value is -5.88. The van der Waals surface area contributed by atoms with E-state index >= 15 is 4.39 Å². The average Bonchev–Trinajstić information content (AvgIpc) is 3.74. The van der Waals surface area contributed by atoms with Crippen molar-refractivity contribution in [1.29, 1.82) is 0 Å². The summed E-state index contributed by atoms with van der Waals surface area (Å²) in [5.74, 6) is -1.71. The van der Waals surface area contributed by atoms with Crippen LogP contribution >= 0.6 is 0 Å². The molecule has 1 unspecified atom stereocenters. The zero-order valence-electron chi connectivity index (χ0n) is 32.6. The van der Waals surface area contributed by atoms with E-state index in [1.807, 2.05) is 47.2 Å². The van der Waals surface area contributed by atoms with Gasteiger partial charge in [-0.25, -0.2) is 4.39 Å². The van der Waals surface area contributed by atoms with Gasteiger partial charge in [-0.1, -0.05) is 6.57 Å². The highest BCUT2D eigenvalue weighted by molar-refractivity contribution is 6.23. The molecule has 1 atom stereocenters. The summed E-state index contributed by atoms with van der Waals surface area (Å²) in [5.41, 5.74) is 3.49. The van der Waals surface area contributed by atoms with Gasteiger partial charge < -0.3 is 24.4 Å². The van der Waals surface area contributed by atoms with Gasteiger partial charge in [-0.15, -0.1) is 4.98 Å². The monoisotopic (exact) mass is 787 g/mol. The molecule has 1 aromatic heterocycles. The zero-order valence-corrected chi connectivity index (χ0v) is 32.6. The van der Waals surface area contributed by atoms with Crippen molar-refractivity contribution in [2.24, 2.45) is 5.41 Å². The van der Waals surface area contributed by atoms with Crippen molar-refractivity contribution in [3.05, 3.63) is 88.4 Å². The summed E-state index contributed by atoms with van der Waals surface area (Å²) in [6, 6.07) is 13.8. The van der Waals surface area contributed by atoms with Crippen LogP contribution in [0.3, 0.4) is 0 Å². The van der Waals surface area contributed by atoms with E-state index in [2.05, 4.69) is 35.9 Å². The second kappa shape index (κ2) is 14.5. The first-order chi connectivity index (χ1) is 27.9. The first-order valence-corrected chi connectivity index (χ1v) is 20.2. The van der Waals surface area contributed by atoms with Gasteiger partial charge in [0.2, 0.25) is 11.8 Å². The van der Waals surface area contributed by atoms with E-state index in [-0.39, 0.29) is 48.4 Å². The molecule has 6 aliphatic heterocycles. The number of hydrogen-bond acceptors (Lipinski definition) is 10. The number of alkyl halides is 1. The molecular formula is C43H46FN9O5. The first kappa shape index (κ1) is 37.7. The number of piperidine rings is 2. The molecule has 58 heavy (non-hydrogen) atoms. The van der Waals surface area contributed by atoms with Gasteiger partial charge in [0.05, 0.1) is 29.9 Å². The second-order valence-electron chi connectivity index (χ2n) is 16.9. The number of rotatable bonds is 7. The Morgan fingerprint density at radius 1 is 0.828 bits per heavy atom. The highest BCUT2D eigenvalue weighted by Gasteiger charge is 2.48. The number of hydrogen-bond donors (Lipinski definition) is 1. The second-order valence-corrected chi connectivity index (χ2v) is 16.9. The molecule has 3 aromatic rings. The van der Waals surface area contributed by atoms with E-state index in [9.17, 15) is 24.0 Å². The number of nitrogens with one attached hydrogen (secondary N) is 1. The van der Waals surface area contributed by atoms with Crippen LogP contribution in [0.15, 0.2) is 54.7 Å². The highest BCUT2D eigenvalue weighted by Crippen LogP contribution is 2.43. The number of fused-ring (bicyclic) bond motifs is 1. The number of anilines is 3. The number of halogens is 1. The number of aromatic nitrogens is 1. The van der Waals surface area contributed by atoms with Crippen molar-refractivity contribution < 1.29 is 28.4 Å². The normalized spacial score (nSPS) is 22.9. The van der Waals surface area contributed by atoms with Gasteiger partial charge in [0, 0.05) is 82.3 Å². The lowest BCUT2D eigenvalue weighted by atomic mass is 9.77. The van der Waals surface area contributed by atoms with Crippen molar-refractivity contribution in [3.8, 4) is 0 Å². The number of carbonyl (C=O) groups is 5. The Morgan fingerprint density at radius 3 is 2.21 bits per heavy atom. The van der Waals surface area contributed by atoms with Crippen LogP contribution in [0.5, 0.6) is 0 Å². The topological polar surface area (TPSA) is 134 Å². The van der Waals surface area contributed by atoms with Crippen molar-refractivity contribution >= 4 is 52.4 Å². The molecular weight excluding hydrogens is 742 g/mol. The van der Waals surface area contributed by atoms with Crippen molar-refractivity contribution in [2.75, 3.05) is 86.7 Å². The summed E-state index contributed by atoms with van der Waals surface area (Å²) in [5, 5.41) is 2.20. The summed E-state index contributed by atoms with van der Waals surface area (Å²) in [7, 11) is 0. The number of piperazine rings is 1. The third-order valence-electron chi connectivity index (χ3n) is 13.2. The maximum absolute atomic E-state index is 16.0. The fraction of sp³-hybridized carbons (Fsp3) is 0.465. The SMILES string of the molecule is [C-]#[N+]c1ncc(N2CCC3(CCN(C(=O)c4ccc(N5CCN(CC6(F)CN(c7ccc8c(c7)C(=O)N(C7CCC(=O)NC7=O)C8=O)C6)CC5)cc4)CC3)C2)cc1C. The highest BCUT2D eigenvalue weighted by atomic mass is 19.1. The third kappa shape index (κ3) is 6.82. The summed E-state index contributed by atoms with van der Waals surface area (Å²) in [6.07, 6.45) is 4.96. The molecule has 5 saturated heterocycles. The molecule has 6 aliphatic rings. The summed E-state index contributed by atoms with van der Waals surface area (Å²) >= 11 is 0. The predicted molar refractivity (Wildman–Crippen MR) is 214 cm³/mol.